The molecule has 8 heteroatoms. The van der Waals surface area contributed by atoms with E-state index in [9.17, 15) is 4.79 Å². The predicted molar refractivity (Wildman–Crippen MR) is 161 cm³/mol. The highest BCUT2D eigenvalue weighted by molar-refractivity contribution is 6.04. The molecule has 0 bridgehead atoms. The van der Waals surface area contributed by atoms with Gasteiger partial charge in [-0.25, -0.2) is 9.97 Å². The monoisotopic (exact) mass is 546 g/mol. The van der Waals surface area contributed by atoms with Gasteiger partial charge >= 0.3 is 0 Å². The highest BCUT2D eigenvalue weighted by Crippen LogP contribution is 2.39. The van der Waals surface area contributed by atoms with Gasteiger partial charge < -0.3 is 19.9 Å². The molecule has 4 heterocycles. The van der Waals surface area contributed by atoms with Crippen molar-refractivity contribution < 1.29 is 9.53 Å². The molecule has 1 amide bonds. The number of carbonyl (C=O) groups is 1. The van der Waals surface area contributed by atoms with Crippen LogP contribution in [0, 0.1) is 24.7 Å². The Morgan fingerprint density at radius 2 is 1.85 bits per heavy atom. The lowest BCUT2D eigenvalue weighted by atomic mass is 9.93. The van der Waals surface area contributed by atoms with E-state index < -0.39 is 0 Å². The predicted octanol–water partition coefficient (Wildman–Crippen LogP) is 4.78. The number of para-hydroxylation sites is 1. The SMILES string of the molecule is C=CC(=O)N1CCC(N2CC(C#Cc3c(-c4ccc(Oc5ccccc5)cc4C)c4c(N)ncnc4n3C)C2)CC1. The number of carbonyl (C=O) groups excluding carboxylic acids is 1. The summed E-state index contributed by atoms with van der Waals surface area (Å²) in [6.07, 6.45) is 4.90. The first kappa shape index (κ1) is 26.6. The summed E-state index contributed by atoms with van der Waals surface area (Å²) < 4.78 is 8.09. The number of benzene rings is 2. The maximum Gasteiger partial charge on any atom is 0.245 e. The number of aryl methyl sites for hydroxylation is 2. The van der Waals surface area contributed by atoms with E-state index in [0.717, 1.165) is 83.9 Å². The molecule has 0 saturated carbocycles. The number of aromatic nitrogens is 3. The van der Waals surface area contributed by atoms with Gasteiger partial charge in [0.15, 0.2) is 0 Å². The molecule has 41 heavy (non-hydrogen) atoms. The molecule has 208 valence electrons. The highest BCUT2D eigenvalue weighted by Gasteiger charge is 2.34. The van der Waals surface area contributed by atoms with Crippen molar-refractivity contribution in [2.24, 2.45) is 13.0 Å². The Kier molecular flexibility index (Phi) is 7.21. The highest BCUT2D eigenvalue weighted by atomic mass is 16.5. The molecule has 0 spiro atoms. The van der Waals surface area contributed by atoms with Gasteiger partial charge in [0.1, 0.15) is 35.0 Å². The van der Waals surface area contributed by atoms with E-state index in [1.807, 2.05) is 59.0 Å². The smallest absolute Gasteiger partial charge is 0.245 e. The molecule has 2 N–H and O–H groups in total. The second-order valence-corrected chi connectivity index (χ2v) is 10.8. The van der Waals surface area contributed by atoms with Gasteiger partial charge in [-0.2, -0.15) is 0 Å². The zero-order valence-electron chi connectivity index (χ0n) is 23.5. The molecule has 0 unspecified atom stereocenters. The third-order valence-electron chi connectivity index (χ3n) is 8.21. The molecular formula is C33H34N6O2. The first-order valence-electron chi connectivity index (χ1n) is 14.0. The molecule has 8 nitrogen and oxygen atoms in total. The molecule has 2 aliphatic rings. The zero-order valence-corrected chi connectivity index (χ0v) is 23.5. The molecule has 4 aromatic rings. The van der Waals surface area contributed by atoms with Crippen LogP contribution in [0.4, 0.5) is 5.82 Å². The fourth-order valence-electron chi connectivity index (χ4n) is 5.94. The number of ether oxygens (including phenoxy) is 1. The van der Waals surface area contributed by atoms with Gasteiger partial charge in [-0.15, -0.1) is 0 Å². The van der Waals surface area contributed by atoms with Crippen LogP contribution in [0.15, 0.2) is 67.5 Å². The second kappa shape index (κ2) is 11.1. The Balaban J connectivity index is 1.25. The largest absolute Gasteiger partial charge is 0.457 e. The molecule has 6 rings (SSSR count). The minimum Gasteiger partial charge on any atom is -0.457 e. The van der Waals surface area contributed by atoms with Gasteiger partial charge in [0.2, 0.25) is 5.91 Å². The van der Waals surface area contributed by atoms with E-state index in [1.165, 1.54) is 12.4 Å². The number of amides is 1. The standard InChI is InChI=1S/C33H34N6O2/c1-4-29(40)38-16-14-24(15-17-38)39-19-23(20-39)10-13-28-30(31-32(34)35-21-36-33(31)37(28)3)27-12-11-26(18-22(27)2)41-25-8-6-5-7-9-25/h4-9,11-12,18,21,23-24H,1,14-17,19-20H2,2-3H3,(H2,34,35,36). The first-order chi connectivity index (χ1) is 19.9. The van der Waals surface area contributed by atoms with Crippen LogP contribution in [0.2, 0.25) is 0 Å². The summed E-state index contributed by atoms with van der Waals surface area (Å²) in [5.74, 6) is 9.35. The van der Waals surface area contributed by atoms with Crippen LogP contribution in [0.25, 0.3) is 22.2 Å². The van der Waals surface area contributed by atoms with Crippen LogP contribution in [0.1, 0.15) is 24.1 Å². The third kappa shape index (κ3) is 5.17. The Hall–Kier alpha value is -4.61. The van der Waals surface area contributed by atoms with E-state index in [0.29, 0.717) is 17.8 Å². The molecule has 2 saturated heterocycles. The quantitative estimate of drug-likeness (QED) is 0.286. The van der Waals surface area contributed by atoms with Crippen LogP contribution in [0.3, 0.4) is 0 Å². The molecule has 0 atom stereocenters. The number of fused-ring (bicyclic) bond motifs is 1. The number of hydrogen-bond acceptors (Lipinski definition) is 6. The lowest BCUT2D eigenvalue weighted by Gasteiger charge is -2.45. The van der Waals surface area contributed by atoms with Crippen molar-refractivity contribution in [3.63, 3.8) is 0 Å². The van der Waals surface area contributed by atoms with Gasteiger partial charge in [0.05, 0.1) is 5.39 Å². The Morgan fingerprint density at radius 3 is 2.56 bits per heavy atom. The number of nitrogen functional groups attached to an aromatic ring is 1. The molecule has 2 aliphatic heterocycles. The maximum absolute atomic E-state index is 11.9. The van der Waals surface area contributed by atoms with Gasteiger partial charge in [-0.05, 0) is 67.2 Å². The van der Waals surface area contributed by atoms with Crippen molar-refractivity contribution in [1.29, 1.82) is 0 Å². The van der Waals surface area contributed by atoms with E-state index in [1.54, 1.807) is 0 Å². The van der Waals surface area contributed by atoms with Crippen LogP contribution >= 0.6 is 0 Å². The molecule has 2 fully saturated rings. The van der Waals surface area contributed by atoms with Crippen molar-refractivity contribution in [2.45, 2.75) is 25.8 Å². The van der Waals surface area contributed by atoms with E-state index in [4.69, 9.17) is 10.5 Å². The van der Waals surface area contributed by atoms with E-state index in [2.05, 4.69) is 46.3 Å². The van der Waals surface area contributed by atoms with Crippen molar-refractivity contribution in [3.8, 4) is 34.5 Å². The Bertz CT molecular complexity index is 1670. The summed E-state index contributed by atoms with van der Waals surface area (Å²) in [6.45, 7) is 9.15. The van der Waals surface area contributed by atoms with Gasteiger partial charge in [-0.1, -0.05) is 36.8 Å². The molecule has 2 aromatic heterocycles. The second-order valence-electron chi connectivity index (χ2n) is 10.8. The molecule has 0 radical (unpaired) electrons. The summed E-state index contributed by atoms with van der Waals surface area (Å²) in [4.78, 5) is 25.1. The van der Waals surface area contributed by atoms with E-state index >= 15 is 0 Å². The lowest BCUT2D eigenvalue weighted by Crippen LogP contribution is -2.55. The summed E-state index contributed by atoms with van der Waals surface area (Å²) >= 11 is 0. The average Bonchev–Trinajstić information content (AvgIpc) is 3.25. The zero-order chi connectivity index (χ0) is 28.5. The number of hydrogen-bond donors (Lipinski definition) is 1. The molecule has 0 aliphatic carbocycles. The van der Waals surface area contributed by atoms with Crippen molar-refractivity contribution in [3.05, 3.63) is 78.8 Å². The summed E-state index contributed by atoms with van der Waals surface area (Å²) in [5.41, 5.74) is 11.1. The van der Waals surface area contributed by atoms with Gasteiger partial charge in [0.25, 0.3) is 0 Å². The van der Waals surface area contributed by atoms with Crippen LogP contribution in [-0.4, -0.2) is 62.5 Å². The van der Waals surface area contributed by atoms with Gasteiger partial charge in [0, 0.05) is 50.7 Å². The Morgan fingerprint density at radius 1 is 1.10 bits per heavy atom. The number of piperidine rings is 1. The number of anilines is 1. The fraction of sp³-hybridized carbons (Fsp3) is 0.303. The maximum atomic E-state index is 11.9. The first-order valence-corrected chi connectivity index (χ1v) is 14.0. The normalized spacial score (nSPS) is 16.2. The number of nitrogens with zero attached hydrogens (tertiary/aromatic N) is 5. The Labute approximate surface area is 240 Å². The van der Waals surface area contributed by atoms with Crippen LogP contribution < -0.4 is 10.5 Å². The fourth-order valence-corrected chi connectivity index (χ4v) is 5.94. The summed E-state index contributed by atoms with van der Waals surface area (Å²) in [5, 5.41) is 0.815. The van der Waals surface area contributed by atoms with Crippen LogP contribution in [0.5, 0.6) is 11.5 Å². The average molecular weight is 547 g/mol. The minimum atomic E-state index is 0.0282. The van der Waals surface area contributed by atoms with Gasteiger partial charge in [-0.3, -0.25) is 9.69 Å². The topological polar surface area (TPSA) is 89.5 Å². The summed E-state index contributed by atoms with van der Waals surface area (Å²) in [6, 6.07) is 16.3. The molecule has 2 aromatic carbocycles. The summed E-state index contributed by atoms with van der Waals surface area (Å²) in [7, 11) is 1.98. The van der Waals surface area contributed by atoms with Crippen molar-refractivity contribution in [1.82, 2.24) is 24.3 Å². The number of likely N-dealkylation sites (tertiary alicyclic amines) is 2. The van der Waals surface area contributed by atoms with E-state index in [-0.39, 0.29) is 5.91 Å². The number of nitrogens with two attached hydrogens (primary N) is 1. The van der Waals surface area contributed by atoms with Crippen molar-refractivity contribution >= 4 is 22.8 Å². The lowest BCUT2D eigenvalue weighted by molar-refractivity contribution is -0.127. The minimum absolute atomic E-state index is 0.0282. The van der Waals surface area contributed by atoms with Crippen molar-refractivity contribution in [2.75, 3.05) is 31.9 Å². The van der Waals surface area contributed by atoms with Crippen LogP contribution in [-0.2, 0) is 11.8 Å². The number of rotatable bonds is 5. The third-order valence-corrected chi connectivity index (χ3v) is 8.21. The molecular weight excluding hydrogens is 512 g/mol.